The van der Waals surface area contributed by atoms with Gasteiger partial charge in [-0.15, -0.1) is 0 Å². The molecule has 17 heavy (non-hydrogen) atoms. The average molecular weight is 295 g/mol. The lowest BCUT2D eigenvalue weighted by Crippen LogP contribution is -2.01. The van der Waals surface area contributed by atoms with Crippen LogP contribution in [0.3, 0.4) is 0 Å². The van der Waals surface area contributed by atoms with E-state index in [4.69, 9.17) is 4.74 Å². The Balaban J connectivity index is 1.92. The van der Waals surface area contributed by atoms with Crippen LogP contribution in [0, 0.1) is 5.82 Å². The van der Waals surface area contributed by atoms with Crippen LogP contribution in [-0.4, -0.2) is 6.61 Å². The summed E-state index contributed by atoms with van der Waals surface area (Å²) in [7, 11) is 0. The van der Waals surface area contributed by atoms with Crippen molar-refractivity contribution < 1.29 is 9.13 Å². The van der Waals surface area contributed by atoms with Crippen molar-refractivity contribution >= 4 is 15.9 Å². The number of hydrogen-bond donors (Lipinski definition) is 0. The van der Waals surface area contributed by atoms with Crippen molar-refractivity contribution in [3.8, 4) is 5.75 Å². The summed E-state index contributed by atoms with van der Waals surface area (Å²) < 4.78 is 19.3. The Morgan fingerprint density at radius 1 is 1.06 bits per heavy atom. The Labute approximate surface area is 108 Å². The molecule has 0 aromatic heterocycles. The molecule has 2 aromatic carbocycles. The zero-order valence-electron chi connectivity index (χ0n) is 9.20. The highest BCUT2D eigenvalue weighted by molar-refractivity contribution is 9.10. The lowest BCUT2D eigenvalue weighted by molar-refractivity contribution is 0.318. The molecule has 88 valence electrons. The molecule has 0 aliphatic carbocycles. The van der Waals surface area contributed by atoms with Crippen LogP contribution in [0.4, 0.5) is 4.39 Å². The molecule has 0 heterocycles. The molecule has 0 radical (unpaired) electrons. The van der Waals surface area contributed by atoms with Gasteiger partial charge in [0.15, 0.2) is 0 Å². The summed E-state index contributed by atoms with van der Waals surface area (Å²) in [6, 6.07) is 14.5. The maximum atomic E-state index is 13.0. The average Bonchev–Trinajstić information content (AvgIpc) is 2.35. The molecular formula is C14H12BrFO. The van der Waals surface area contributed by atoms with Gasteiger partial charge >= 0.3 is 0 Å². The zero-order chi connectivity index (χ0) is 12.1. The van der Waals surface area contributed by atoms with Crippen LogP contribution < -0.4 is 4.74 Å². The van der Waals surface area contributed by atoms with E-state index in [-0.39, 0.29) is 5.82 Å². The molecule has 1 nitrogen and oxygen atoms in total. The van der Waals surface area contributed by atoms with Gasteiger partial charge in [0.05, 0.1) is 11.1 Å². The van der Waals surface area contributed by atoms with Gasteiger partial charge in [-0.25, -0.2) is 4.39 Å². The maximum absolute atomic E-state index is 13.0. The van der Waals surface area contributed by atoms with Gasteiger partial charge in [0, 0.05) is 12.5 Å². The third kappa shape index (κ3) is 3.56. The minimum atomic E-state index is -0.289. The number of hydrogen-bond acceptors (Lipinski definition) is 1. The van der Waals surface area contributed by atoms with Crippen LogP contribution in [0.15, 0.2) is 53.0 Å². The molecule has 0 N–H and O–H groups in total. The second-order valence-electron chi connectivity index (χ2n) is 3.66. The molecule has 0 fully saturated rings. The van der Waals surface area contributed by atoms with Gasteiger partial charge in [0.25, 0.3) is 0 Å². The van der Waals surface area contributed by atoms with Gasteiger partial charge in [-0.05, 0) is 33.6 Å². The second-order valence-corrected chi connectivity index (χ2v) is 4.51. The second kappa shape index (κ2) is 5.82. The van der Waals surface area contributed by atoms with E-state index in [1.165, 1.54) is 17.7 Å². The maximum Gasteiger partial charge on any atom is 0.136 e. The fraction of sp³-hybridized carbons (Fsp3) is 0.143. The highest BCUT2D eigenvalue weighted by Gasteiger charge is 2.02. The van der Waals surface area contributed by atoms with Crippen molar-refractivity contribution in [2.24, 2.45) is 0 Å². The normalized spacial score (nSPS) is 10.2. The van der Waals surface area contributed by atoms with Crippen LogP contribution in [0.2, 0.25) is 0 Å². The van der Waals surface area contributed by atoms with E-state index in [0.29, 0.717) is 12.4 Å². The van der Waals surface area contributed by atoms with Crippen LogP contribution in [0.25, 0.3) is 0 Å². The standard InChI is InChI=1S/C14H12BrFO/c15-13-7-6-12(16)10-14(13)17-9-8-11-4-2-1-3-5-11/h1-7,10H,8-9H2. The summed E-state index contributed by atoms with van der Waals surface area (Å²) in [6.07, 6.45) is 0.809. The first kappa shape index (κ1) is 12.1. The highest BCUT2D eigenvalue weighted by Crippen LogP contribution is 2.25. The Hall–Kier alpha value is -1.35. The molecule has 2 aromatic rings. The van der Waals surface area contributed by atoms with Crippen LogP contribution in [-0.2, 0) is 6.42 Å². The topological polar surface area (TPSA) is 9.23 Å². The molecular weight excluding hydrogens is 283 g/mol. The molecule has 0 aliphatic heterocycles. The lowest BCUT2D eigenvalue weighted by Gasteiger charge is -2.08. The molecule has 0 saturated heterocycles. The summed E-state index contributed by atoms with van der Waals surface area (Å²) in [5, 5.41) is 0. The molecule has 0 amide bonds. The Kier molecular flexibility index (Phi) is 4.15. The van der Waals surface area contributed by atoms with Gasteiger partial charge in [0.2, 0.25) is 0 Å². The number of halogens is 2. The quantitative estimate of drug-likeness (QED) is 0.821. The summed E-state index contributed by atoms with van der Waals surface area (Å²) in [4.78, 5) is 0. The third-order valence-electron chi connectivity index (χ3n) is 2.38. The molecule has 0 aliphatic rings. The Morgan fingerprint density at radius 2 is 1.82 bits per heavy atom. The van der Waals surface area contributed by atoms with E-state index >= 15 is 0 Å². The minimum absolute atomic E-state index is 0.289. The fourth-order valence-corrected chi connectivity index (χ4v) is 1.87. The van der Waals surface area contributed by atoms with Crippen molar-refractivity contribution in [1.29, 1.82) is 0 Å². The van der Waals surface area contributed by atoms with Crippen molar-refractivity contribution in [3.05, 3.63) is 64.4 Å². The third-order valence-corrected chi connectivity index (χ3v) is 3.04. The predicted octanol–water partition coefficient (Wildman–Crippen LogP) is 4.21. The van der Waals surface area contributed by atoms with Crippen LogP contribution in [0.1, 0.15) is 5.56 Å². The van der Waals surface area contributed by atoms with Gasteiger partial charge < -0.3 is 4.74 Å². The summed E-state index contributed by atoms with van der Waals surface area (Å²) in [5.74, 6) is 0.254. The number of benzene rings is 2. The molecule has 0 saturated carbocycles. The summed E-state index contributed by atoms with van der Waals surface area (Å²) in [6.45, 7) is 0.534. The van der Waals surface area contributed by atoms with E-state index in [9.17, 15) is 4.39 Å². The summed E-state index contributed by atoms with van der Waals surface area (Å²) >= 11 is 3.33. The molecule has 0 spiro atoms. The predicted molar refractivity (Wildman–Crippen MR) is 69.7 cm³/mol. The molecule has 0 atom stereocenters. The van der Waals surface area contributed by atoms with Gasteiger partial charge in [-0.2, -0.15) is 0 Å². The Bertz CT molecular complexity index is 485. The van der Waals surface area contributed by atoms with Crippen molar-refractivity contribution in [2.75, 3.05) is 6.61 Å². The van der Waals surface area contributed by atoms with Gasteiger partial charge in [0.1, 0.15) is 11.6 Å². The highest BCUT2D eigenvalue weighted by atomic mass is 79.9. The fourth-order valence-electron chi connectivity index (χ4n) is 1.51. The number of rotatable bonds is 4. The molecule has 0 unspecified atom stereocenters. The van der Waals surface area contributed by atoms with Gasteiger partial charge in [-0.1, -0.05) is 30.3 Å². The SMILES string of the molecule is Fc1ccc(Br)c(OCCc2ccccc2)c1. The molecule has 3 heteroatoms. The summed E-state index contributed by atoms with van der Waals surface area (Å²) in [5.41, 5.74) is 1.21. The van der Waals surface area contributed by atoms with E-state index in [1.807, 2.05) is 30.3 Å². The molecule has 2 rings (SSSR count). The lowest BCUT2D eigenvalue weighted by atomic mass is 10.2. The van der Waals surface area contributed by atoms with Crippen LogP contribution in [0.5, 0.6) is 5.75 Å². The Morgan fingerprint density at radius 3 is 2.59 bits per heavy atom. The van der Waals surface area contributed by atoms with Crippen molar-refractivity contribution in [3.63, 3.8) is 0 Å². The first-order valence-electron chi connectivity index (χ1n) is 5.37. The van der Waals surface area contributed by atoms with E-state index < -0.39 is 0 Å². The van der Waals surface area contributed by atoms with Crippen molar-refractivity contribution in [2.45, 2.75) is 6.42 Å². The zero-order valence-corrected chi connectivity index (χ0v) is 10.8. The monoisotopic (exact) mass is 294 g/mol. The van der Waals surface area contributed by atoms with E-state index in [2.05, 4.69) is 15.9 Å². The van der Waals surface area contributed by atoms with E-state index in [0.717, 1.165) is 10.9 Å². The smallest absolute Gasteiger partial charge is 0.136 e. The minimum Gasteiger partial charge on any atom is -0.492 e. The van der Waals surface area contributed by atoms with Gasteiger partial charge in [-0.3, -0.25) is 0 Å². The number of ether oxygens (including phenoxy) is 1. The van der Waals surface area contributed by atoms with E-state index in [1.54, 1.807) is 6.07 Å². The first-order valence-corrected chi connectivity index (χ1v) is 6.17. The molecule has 0 bridgehead atoms. The van der Waals surface area contributed by atoms with Crippen molar-refractivity contribution in [1.82, 2.24) is 0 Å². The largest absolute Gasteiger partial charge is 0.492 e. The van der Waals surface area contributed by atoms with Crippen LogP contribution >= 0.6 is 15.9 Å². The first-order chi connectivity index (χ1) is 8.25.